The Morgan fingerprint density at radius 3 is 2.38 bits per heavy atom. The van der Waals surface area contributed by atoms with Gasteiger partial charge >= 0.3 is 5.91 Å². The minimum Gasteiger partial charge on any atom is -0.507 e. The second-order valence-corrected chi connectivity index (χ2v) is 8.07. The second-order valence-electron chi connectivity index (χ2n) is 7.07. The van der Waals surface area contributed by atoms with Crippen LogP contribution in [-0.2, 0) is 9.59 Å². The number of hydrogen-bond acceptors (Lipinski definition) is 6. The Kier molecular flexibility index (Phi) is 4.75. The number of aliphatic hydroxyl groups is 1. The molecule has 4 aromatic rings. The number of pyridine rings is 1. The summed E-state index contributed by atoms with van der Waals surface area (Å²) in [5.41, 5.74) is 1.03. The van der Waals surface area contributed by atoms with Crippen LogP contribution in [0.25, 0.3) is 16.0 Å². The lowest BCUT2D eigenvalue weighted by molar-refractivity contribution is -0.132. The van der Waals surface area contributed by atoms with Gasteiger partial charge in [-0.3, -0.25) is 19.5 Å². The van der Waals surface area contributed by atoms with Crippen LogP contribution in [0.4, 0.5) is 13.9 Å². The van der Waals surface area contributed by atoms with Gasteiger partial charge in [-0.05, 0) is 60.2 Å². The van der Waals surface area contributed by atoms with Gasteiger partial charge < -0.3 is 5.11 Å². The van der Waals surface area contributed by atoms with Crippen molar-refractivity contribution < 1.29 is 23.5 Å². The lowest BCUT2D eigenvalue weighted by Crippen LogP contribution is -2.29. The molecule has 1 unspecified atom stereocenters. The van der Waals surface area contributed by atoms with Crippen LogP contribution in [0.3, 0.4) is 0 Å². The molecular weight excluding hydrogens is 436 g/mol. The third kappa shape index (κ3) is 3.23. The normalized spacial score (nSPS) is 17.9. The monoisotopic (exact) mass is 449 g/mol. The maximum Gasteiger partial charge on any atom is 0.301 e. The molecule has 0 radical (unpaired) electrons. The summed E-state index contributed by atoms with van der Waals surface area (Å²) >= 11 is 1.06. The van der Waals surface area contributed by atoms with E-state index in [1.54, 1.807) is 12.1 Å². The van der Waals surface area contributed by atoms with E-state index in [1.165, 1.54) is 47.6 Å². The van der Waals surface area contributed by atoms with Crippen LogP contribution in [0.5, 0.6) is 0 Å². The summed E-state index contributed by atoms with van der Waals surface area (Å²) in [6.07, 6.45) is 3.00. The van der Waals surface area contributed by atoms with E-state index in [0.29, 0.717) is 15.8 Å². The SMILES string of the molecule is O=C1C(=O)N(c2nc3ccc(F)cc3s2)C(c2ccncc2)C1=C(O)c1ccc(F)cc1. The summed E-state index contributed by atoms with van der Waals surface area (Å²) in [7, 11) is 0. The zero-order chi connectivity index (χ0) is 22.4. The summed E-state index contributed by atoms with van der Waals surface area (Å²) in [4.78, 5) is 35.7. The summed E-state index contributed by atoms with van der Waals surface area (Å²) in [5, 5.41) is 11.1. The number of hydrogen-bond donors (Lipinski definition) is 1. The summed E-state index contributed by atoms with van der Waals surface area (Å²) < 4.78 is 27.5. The Morgan fingerprint density at radius 1 is 0.969 bits per heavy atom. The third-order valence-electron chi connectivity index (χ3n) is 5.13. The molecule has 1 aliphatic heterocycles. The number of anilines is 1. The first-order chi connectivity index (χ1) is 15.4. The van der Waals surface area contributed by atoms with Crippen LogP contribution in [-0.4, -0.2) is 26.8 Å². The van der Waals surface area contributed by atoms with Crippen molar-refractivity contribution in [3.05, 3.63) is 95.3 Å². The molecule has 32 heavy (non-hydrogen) atoms. The topological polar surface area (TPSA) is 83.4 Å². The van der Waals surface area contributed by atoms with Crippen LogP contribution >= 0.6 is 11.3 Å². The molecule has 6 nitrogen and oxygen atoms in total. The van der Waals surface area contributed by atoms with Gasteiger partial charge in [0.15, 0.2) is 5.13 Å². The zero-order valence-electron chi connectivity index (χ0n) is 16.2. The maximum atomic E-state index is 13.7. The number of carbonyl (C=O) groups is 2. The molecule has 1 N–H and O–H groups in total. The Labute approximate surface area is 184 Å². The number of nitrogens with zero attached hydrogens (tertiary/aromatic N) is 3. The Balaban J connectivity index is 1.72. The molecule has 0 saturated carbocycles. The van der Waals surface area contributed by atoms with Crippen LogP contribution in [0.1, 0.15) is 17.2 Å². The van der Waals surface area contributed by atoms with Gasteiger partial charge in [0.25, 0.3) is 5.78 Å². The molecule has 1 fully saturated rings. The van der Waals surface area contributed by atoms with Crippen molar-refractivity contribution in [2.45, 2.75) is 6.04 Å². The summed E-state index contributed by atoms with van der Waals surface area (Å²) in [6, 6.07) is 11.2. The molecule has 2 aromatic carbocycles. The van der Waals surface area contributed by atoms with E-state index in [4.69, 9.17) is 0 Å². The van der Waals surface area contributed by atoms with Gasteiger partial charge in [0.1, 0.15) is 17.4 Å². The summed E-state index contributed by atoms with van der Waals surface area (Å²) in [5.74, 6) is -3.17. The Morgan fingerprint density at radius 2 is 1.66 bits per heavy atom. The van der Waals surface area contributed by atoms with Gasteiger partial charge in [-0.1, -0.05) is 11.3 Å². The van der Waals surface area contributed by atoms with Crippen LogP contribution in [0.15, 0.2) is 72.6 Å². The quantitative estimate of drug-likeness (QED) is 0.281. The molecule has 158 valence electrons. The van der Waals surface area contributed by atoms with Crippen LogP contribution in [0.2, 0.25) is 0 Å². The number of amides is 1. The average Bonchev–Trinajstić information content (AvgIpc) is 3.32. The standard InChI is InChI=1S/C23H13F2N3O3S/c24-14-3-1-13(2-4-14)20(29)18-19(12-7-9-26-10-8-12)28(22(31)21(18)30)23-27-16-6-5-15(25)11-17(16)32-23/h1-11,19,29H. The van der Waals surface area contributed by atoms with Gasteiger partial charge in [-0.25, -0.2) is 13.8 Å². The van der Waals surface area contributed by atoms with E-state index >= 15 is 0 Å². The van der Waals surface area contributed by atoms with Crippen LogP contribution in [0, 0.1) is 11.6 Å². The molecule has 1 amide bonds. The predicted octanol–water partition coefficient (Wildman–Crippen LogP) is 4.60. The highest BCUT2D eigenvalue weighted by atomic mass is 32.1. The molecule has 5 rings (SSSR count). The fourth-order valence-corrected chi connectivity index (χ4v) is 4.66. The van der Waals surface area contributed by atoms with Gasteiger partial charge in [0.05, 0.1) is 21.8 Å². The highest BCUT2D eigenvalue weighted by Crippen LogP contribution is 2.44. The largest absolute Gasteiger partial charge is 0.507 e. The predicted molar refractivity (Wildman–Crippen MR) is 115 cm³/mol. The van der Waals surface area contributed by atoms with Crippen molar-refractivity contribution >= 4 is 44.1 Å². The molecule has 0 spiro atoms. The van der Waals surface area contributed by atoms with Crippen molar-refractivity contribution in [3.63, 3.8) is 0 Å². The molecule has 1 aliphatic rings. The average molecular weight is 449 g/mol. The number of rotatable bonds is 3. The molecular formula is C23H13F2N3O3S. The highest BCUT2D eigenvalue weighted by molar-refractivity contribution is 7.22. The molecule has 0 aliphatic carbocycles. The van der Waals surface area contributed by atoms with Crippen molar-refractivity contribution in [1.82, 2.24) is 9.97 Å². The number of carbonyl (C=O) groups excluding carboxylic acids is 2. The second kappa shape index (κ2) is 7.61. The van der Waals surface area contributed by atoms with Crippen molar-refractivity contribution in [1.29, 1.82) is 0 Å². The molecule has 1 atom stereocenters. The number of aliphatic hydroxyl groups excluding tert-OH is 1. The molecule has 9 heteroatoms. The molecule has 1 saturated heterocycles. The minimum absolute atomic E-state index is 0.154. The third-order valence-corrected chi connectivity index (χ3v) is 6.15. The van der Waals surface area contributed by atoms with Crippen molar-refractivity contribution in [2.75, 3.05) is 4.90 Å². The first kappa shape index (κ1) is 20.0. The van der Waals surface area contributed by atoms with Gasteiger partial charge in [0, 0.05) is 18.0 Å². The lowest BCUT2D eigenvalue weighted by Gasteiger charge is -2.22. The molecule has 2 aromatic heterocycles. The first-order valence-electron chi connectivity index (χ1n) is 9.47. The van der Waals surface area contributed by atoms with Gasteiger partial charge in [-0.15, -0.1) is 0 Å². The fraction of sp³-hybridized carbons (Fsp3) is 0.0435. The number of Topliss-reactive ketones (excluding diaryl/α,β-unsaturated/α-hetero) is 1. The first-order valence-corrected chi connectivity index (χ1v) is 10.3. The zero-order valence-corrected chi connectivity index (χ0v) is 17.0. The van der Waals surface area contributed by atoms with Crippen molar-refractivity contribution in [3.8, 4) is 0 Å². The number of ketones is 1. The molecule has 0 bridgehead atoms. The summed E-state index contributed by atoms with van der Waals surface area (Å²) in [6.45, 7) is 0. The number of fused-ring (bicyclic) bond motifs is 1. The van der Waals surface area contributed by atoms with E-state index in [9.17, 15) is 23.5 Å². The maximum absolute atomic E-state index is 13.7. The minimum atomic E-state index is -0.992. The van der Waals surface area contributed by atoms with Gasteiger partial charge in [0.2, 0.25) is 0 Å². The number of thiazole rings is 1. The highest BCUT2D eigenvalue weighted by Gasteiger charge is 2.48. The molecule has 3 heterocycles. The van der Waals surface area contributed by atoms with E-state index in [1.807, 2.05) is 0 Å². The smallest absolute Gasteiger partial charge is 0.301 e. The Hall–Kier alpha value is -3.98. The number of aromatic nitrogens is 2. The van der Waals surface area contributed by atoms with E-state index in [-0.39, 0.29) is 16.3 Å². The number of halogens is 2. The van der Waals surface area contributed by atoms with Crippen molar-refractivity contribution in [2.24, 2.45) is 0 Å². The number of benzene rings is 2. The van der Waals surface area contributed by atoms with E-state index in [0.717, 1.165) is 23.5 Å². The Bertz CT molecular complexity index is 1400. The lowest BCUT2D eigenvalue weighted by atomic mass is 9.96. The van der Waals surface area contributed by atoms with Gasteiger partial charge in [-0.2, -0.15) is 0 Å². The van der Waals surface area contributed by atoms with Crippen LogP contribution < -0.4 is 4.90 Å². The van der Waals surface area contributed by atoms with E-state index < -0.39 is 35.1 Å². The fourth-order valence-electron chi connectivity index (χ4n) is 3.64. The van der Waals surface area contributed by atoms with E-state index in [2.05, 4.69) is 9.97 Å².